The number of nitrogens with one attached hydrogen (secondary N) is 1. The van der Waals surface area contributed by atoms with Gasteiger partial charge in [0.05, 0.1) is 6.10 Å². The molecule has 1 saturated heterocycles. The number of carbonyl (C=O) groups is 1. The van der Waals surface area contributed by atoms with E-state index in [9.17, 15) is 4.79 Å². The Morgan fingerprint density at radius 2 is 2.00 bits per heavy atom. The van der Waals surface area contributed by atoms with Crippen LogP contribution >= 0.6 is 0 Å². The van der Waals surface area contributed by atoms with E-state index in [4.69, 9.17) is 4.74 Å². The molecule has 0 saturated carbocycles. The van der Waals surface area contributed by atoms with Crippen molar-refractivity contribution in [3.05, 3.63) is 0 Å². The second-order valence-corrected chi connectivity index (χ2v) is 4.12. The van der Waals surface area contributed by atoms with Crippen LogP contribution in [-0.2, 0) is 9.53 Å². The van der Waals surface area contributed by atoms with Crippen LogP contribution in [0.25, 0.3) is 0 Å². The molecule has 0 spiro atoms. The van der Waals surface area contributed by atoms with E-state index < -0.39 is 0 Å². The number of hydrogen-bond acceptors (Lipinski definition) is 4. The minimum absolute atomic E-state index is 0.0304. The largest absolute Gasteiger partial charge is 0.462 e. The van der Waals surface area contributed by atoms with Crippen molar-refractivity contribution in [2.75, 3.05) is 26.2 Å². The summed E-state index contributed by atoms with van der Waals surface area (Å²) in [6.45, 7) is 9.65. The van der Waals surface area contributed by atoms with Crippen LogP contribution in [0, 0.1) is 0 Å². The first-order valence-electron chi connectivity index (χ1n) is 5.80. The Balaban J connectivity index is 2.37. The summed E-state index contributed by atoms with van der Waals surface area (Å²) in [5.74, 6) is -0.0914. The molecule has 0 aromatic heterocycles. The Bertz CT molecular complexity index is 203. The molecule has 0 amide bonds. The average Bonchev–Trinajstić information content (AvgIpc) is 2.29. The number of rotatable bonds is 4. The first kappa shape index (κ1) is 12.5. The highest BCUT2D eigenvalue weighted by atomic mass is 16.5. The van der Waals surface area contributed by atoms with Crippen LogP contribution < -0.4 is 5.32 Å². The van der Waals surface area contributed by atoms with Crippen molar-refractivity contribution in [1.29, 1.82) is 0 Å². The molecule has 88 valence electrons. The van der Waals surface area contributed by atoms with Crippen molar-refractivity contribution in [1.82, 2.24) is 10.2 Å². The molecule has 0 aromatic rings. The predicted octanol–water partition coefficient (Wildman–Crippen LogP) is 0.622. The average molecular weight is 214 g/mol. The molecule has 2 atom stereocenters. The minimum atomic E-state index is -0.110. The number of carbonyl (C=O) groups excluding carboxylic acids is 1. The van der Waals surface area contributed by atoms with Gasteiger partial charge in [-0.05, 0) is 20.3 Å². The fourth-order valence-corrected chi connectivity index (χ4v) is 1.60. The molecule has 0 aliphatic carbocycles. The van der Waals surface area contributed by atoms with Crippen LogP contribution in [0.5, 0.6) is 0 Å². The molecule has 15 heavy (non-hydrogen) atoms. The molecule has 0 bridgehead atoms. The van der Waals surface area contributed by atoms with Crippen molar-refractivity contribution < 1.29 is 9.53 Å². The molecule has 1 heterocycles. The Morgan fingerprint density at radius 3 is 2.53 bits per heavy atom. The van der Waals surface area contributed by atoms with Crippen LogP contribution in [-0.4, -0.2) is 49.2 Å². The molecule has 1 rings (SSSR count). The first-order chi connectivity index (χ1) is 7.15. The Morgan fingerprint density at radius 1 is 1.40 bits per heavy atom. The second-order valence-electron chi connectivity index (χ2n) is 4.12. The van der Waals surface area contributed by atoms with Gasteiger partial charge in [0, 0.05) is 26.2 Å². The summed E-state index contributed by atoms with van der Waals surface area (Å²) in [6, 6.07) is -0.110. The SMILES string of the molecule is CCC(C)OC(=O)C(C)N1CCNCC1. The third kappa shape index (κ3) is 3.80. The summed E-state index contributed by atoms with van der Waals surface area (Å²) < 4.78 is 5.31. The minimum Gasteiger partial charge on any atom is -0.462 e. The van der Waals surface area contributed by atoms with Gasteiger partial charge in [-0.25, -0.2) is 0 Å². The monoisotopic (exact) mass is 214 g/mol. The number of hydrogen-bond donors (Lipinski definition) is 1. The smallest absolute Gasteiger partial charge is 0.323 e. The fraction of sp³-hybridized carbons (Fsp3) is 0.909. The standard InChI is InChI=1S/C11H22N2O2/c1-4-9(2)15-11(14)10(3)13-7-5-12-6-8-13/h9-10,12H,4-8H2,1-3H3. The molecule has 1 aliphatic heterocycles. The lowest BCUT2D eigenvalue weighted by Crippen LogP contribution is -2.50. The van der Waals surface area contributed by atoms with Gasteiger partial charge in [0.15, 0.2) is 0 Å². The lowest BCUT2D eigenvalue weighted by atomic mass is 10.2. The van der Waals surface area contributed by atoms with E-state index >= 15 is 0 Å². The molecule has 1 fully saturated rings. The molecule has 0 aromatic carbocycles. The summed E-state index contributed by atoms with van der Waals surface area (Å²) in [6.07, 6.45) is 0.905. The van der Waals surface area contributed by atoms with E-state index in [1.54, 1.807) is 0 Å². The van der Waals surface area contributed by atoms with E-state index in [0.29, 0.717) is 0 Å². The number of ether oxygens (including phenoxy) is 1. The molecule has 1 N–H and O–H groups in total. The van der Waals surface area contributed by atoms with E-state index in [2.05, 4.69) is 10.2 Å². The van der Waals surface area contributed by atoms with Gasteiger partial charge in [-0.3, -0.25) is 9.69 Å². The van der Waals surface area contributed by atoms with Crippen molar-refractivity contribution in [2.24, 2.45) is 0 Å². The highest BCUT2D eigenvalue weighted by molar-refractivity contribution is 5.75. The Kier molecular flexibility index (Phi) is 5.05. The predicted molar refractivity (Wildman–Crippen MR) is 59.7 cm³/mol. The van der Waals surface area contributed by atoms with Crippen LogP contribution in [0.1, 0.15) is 27.2 Å². The zero-order valence-electron chi connectivity index (χ0n) is 9.95. The fourth-order valence-electron chi connectivity index (χ4n) is 1.60. The van der Waals surface area contributed by atoms with Gasteiger partial charge >= 0.3 is 5.97 Å². The van der Waals surface area contributed by atoms with Gasteiger partial charge in [0.2, 0.25) is 0 Å². The topological polar surface area (TPSA) is 41.6 Å². The van der Waals surface area contributed by atoms with E-state index in [1.165, 1.54) is 0 Å². The third-order valence-corrected chi connectivity index (χ3v) is 2.93. The quantitative estimate of drug-likeness (QED) is 0.697. The summed E-state index contributed by atoms with van der Waals surface area (Å²) in [4.78, 5) is 13.9. The number of nitrogens with zero attached hydrogens (tertiary/aromatic N) is 1. The second kappa shape index (κ2) is 6.08. The maximum absolute atomic E-state index is 11.7. The molecular weight excluding hydrogens is 192 g/mol. The van der Waals surface area contributed by atoms with E-state index in [0.717, 1.165) is 32.6 Å². The summed E-state index contributed by atoms with van der Waals surface area (Å²) >= 11 is 0. The highest BCUT2D eigenvalue weighted by Crippen LogP contribution is 2.06. The zero-order valence-corrected chi connectivity index (χ0v) is 9.95. The maximum atomic E-state index is 11.7. The molecule has 4 heteroatoms. The van der Waals surface area contributed by atoms with Gasteiger partial charge in [0.1, 0.15) is 6.04 Å². The van der Waals surface area contributed by atoms with Crippen LogP contribution in [0.15, 0.2) is 0 Å². The molecular formula is C11H22N2O2. The first-order valence-corrected chi connectivity index (χ1v) is 5.80. The van der Waals surface area contributed by atoms with Crippen molar-refractivity contribution in [2.45, 2.75) is 39.3 Å². The van der Waals surface area contributed by atoms with Gasteiger partial charge in [-0.1, -0.05) is 6.92 Å². The van der Waals surface area contributed by atoms with Crippen LogP contribution in [0.4, 0.5) is 0 Å². The van der Waals surface area contributed by atoms with E-state index in [-0.39, 0.29) is 18.1 Å². The van der Waals surface area contributed by atoms with E-state index in [1.807, 2.05) is 20.8 Å². The molecule has 2 unspecified atom stereocenters. The zero-order chi connectivity index (χ0) is 11.3. The van der Waals surface area contributed by atoms with Gasteiger partial charge in [-0.15, -0.1) is 0 Å². The Labute approximate surface area is 92.0 Å². The van der Waals surface area contributed by atoms with Crippen molar-refractivity contribution >= 4 is 5.97 Å². The number of esters is 1. The lowest BCUT2D eigenvalue weighted by Gasteiger charge is -2.31. The summed E-state index contributed by atoms with van der Waals surface area (Å²) in [5.41, 5.74) is 0. The molecule has 4 nitrogen and oxygen atoms in total. The molecule has 1 aliphatic rings. The molecule has 0 radical (unpaired) electrons. The van der Waals surface area contributed by atoms with Crippen molar-refractivity contribution in [3.8, 4) is 0 Å². The van der Waals surface area contributed by atoms with Crippen molar-refractivity contribution in [3.63, 3.8) is 0 Å². The lowest BCUT2D eigenvalue weighted by molar-refractivity contribution is -0.154. The normalized spacial score (nSPS) is 22.1. The summed E-state index contributed by atoms with van der Waals surface area (Å²) in [7, 11) is 0. The summed E-state index contributed by atoms with van der Waals surface area (Å²) in [5, 5.41) is 3.27. The van der Waals surface area contributed by atoms with Crippen LogP contribution in [0.3, 0.4) is 0 Å². The Hall–Kier alpha value is -0.610. The number of piperazine rings is 1. The third-order valence-electron chi connectivity index (χ3n) is 2.93. The maximum Gasteiger partial charge on any atom is 0.323 e. The van der Waals surface area contributed by atoms with Crippen LogP contribution in [0.2, 0.25) is 0 Å². The van der Waals surface area contributed by atoms with Gasteiger partial charge in [0.25, 0.3) is 0 Å². The van der Waals surface area contributed by atoms with Gasteiger partial charge in [-0.2, -0.15) is 0 Å². The highest BCUT2D eigenvalue weighted by Gasteiger charge is 2.24. The van der Waals surface area contributed by atoms with Gasteiger partial charge < -0.3 is 10.1 Å².